The Kier molecular flexibility index (Phi) is 3.53. The van der Waals surface area contributed by atoms with Crippen molar-refractivity contribution in [2.75, 3.05) is 6.54 Å². The van der Waals surface area contributed by atoms with Crippen molar-refractivity contribution in [1.29, 1.82) is 0 Å². The molecule has 0 saturated carbocycles. The van der Waals surface area contributed by atoms with Gasteiger partial charge in [0.1, 0.15) is 0 Å². The van der Waals surface area contributed by atoms with E-state index < -0.39 is 0 Å². The predicted molar refractivity (Wildman–Crippen MR) is 58.1 cm³/mol. The molecule has 0 bridgehead atoms. The summed E-state index contributed by atoms with van der Waals surface area (Å²) in [6.07, 6.45) is 1.66. The Balaban J connectivity index is 2.33. The molecule has 1 rings (SSSR count). The maximum atomic E-state index is 11.6. The number of carbonyl (C=O) groups excluding carboxylic acids is 1. The van der Waals surface area contributed by atoms with Gasteiger partial charge < -0.3 is 10.6 Å². The van der Waals surface area contributed by atoms with Crippen LogP contribution in [0.15, 0.2) is 0 Å². The summed E-state index contributed by atoms with van der Waals surface area (Å²) in [4.78, 5) is 11.6. The minimum absolute atomic E-state index is 0.0827. The molecule has 2 unspecified atom stereocenters. The van der Waals surface area contributed by atoms with E-state index in [1.54, 1.807) is 0 Å². The molecule has 0 aromatic heterocycles. The summed E-state index contributed by atoms with van der Waals surface area (Å²) in [6, 6.07) is 0.740. The lowest BCUT2D eigenvalue weighted by Crippen LogP contribution is -2.42. The summed E-state index contributed by atoms with van der Waals surface area (Å²) >= 11 is 0. The molecule has 0 aliphatic carbocycles. The van der Waals surface area contributed by atoms with Gasteiger partial charge in [-0.05, 0) is 25.3 Å². The lowest BCUT2D eigenvalue weighted by atomic mass is 9.91. The Morgan fingerprint density at radius 3 is 2.57 bits per heavy atom. The van der Waals surface area contributed by atoms with Gasteiger partial charge in [0.15, 0.2) is 0 Å². The van der Waals surface area contributed by atoms with Crippen LogP contribution in [0.25, 0.3) is 0 Å². The van der Waals surface area contributed by atoms with Gasteiger partial charge in [0.25, 0.3) is 0 Å². The highest BCUT2D eigenvalue weighted by Crippen LogP contribution is 2.18. The van der Waals surface area contributed by atoms with E-state index in [1.165, 1.54) is 0 Å². The number of hydrogen-bond acceptors (Lipinski definition) is 2. The standard InChI is InChI=1S/C11H22N2O/c1-8-9(5-6-12-8)13-10(14)7-11(2,3)4/h8-9,12H,5-7H2,1-4H3,(H,13,14). The van der Waals surface area contributed by atoms with Crippen LogP contribution in [0.1, 0.15) is 40.5 Å². The monoisotopic (exact) mass is 198 g/mol. The van der Waals surface area contributed by atoms with Crippen LogP contribution in [0, 0.1) is 5.41 Å². The van der Waals surface area contributed by atoms with E-state index in [4.69, 9.17) is 0 Å². The Labute approximate surface area is 86.6 Å². The molecule has 2 N–H and O–H groups in total. The zero-order valence-corrected chi connectivity index (χ0v) is 9.68. The van der Waals surface area contributed by atoms with Gasteiger partial charge in [-0.2, -0.15) is 0 Å². The van der Waals surface area contributed by atoms with Crippen LogP contribution in [-0.2, 0) is 4.79 Å². The Hall–Kier alpha value is -0.570. The first-order chi connectivity index (χ1) is 6.38. The maximum Gasteiger partial charge on any atom is 0.220 e. The largest absolute Gasteiger partial charge is 0.352 e. The van der Waals surface area contributed by atoms with Gasteiger partial charge in [-0.15, -0.1) is 0 Å². The smallest absolute Gasteiger partial charge is 0.220 e. The predicted octanol–water partition coefficient (Wildman–Crippen LogP) is 1.29. The van der Waals surface area contributed by atoms with Gasteiger partial charge in [0, 0.05) is 18.5 Å². The quantitative estimate of drug-likeness (QED) is 0.702. The Bertz CT molecular complexity index is 208. The lowest BCUT2D eigenvalue weighted by molar-refractivity contribution is -0.123. The maximum absolute atomic E-state index is 11.6. The molecule has 0 radical (unpaired) electrons. The number of nitrogens with one attached hydrogen (secondary N) is 2. The van der Waals surface area contributed by atoms with Crippen molar-refractivity contribution in [2.24, 2.45) is 5.41 Å². The highest BCUT2D eigenvalue weighted by atomic mass is 16.1. The van der Waals surface area contributed by atoms with E-state index >= 15 is 0 Å². The topological polar surface area (TPSA) is 41.1 Å². The van der Waals surface area contributed by atoms with Gasteiger partial charge in [-0.3, -0.25) is 4.79 Å². The van der Waals surface area contributed by atoms with Gasteiger partial charge in [-0.25, -0.2) is 0 Å². The van der Waals surface area contributed by atoms with E-state index in [2.05, 4.69) is 38.3 Å². The van der Waals surface area contributed by atoms with Crippen molar-refractivity contribution in [3.63, 3.8) is 0 Å². The molecular weight excluding hydrogens is 176 g/mol. The van der Waals surface area contributed by atoms with Gasteiger partial charge in [0.05, 0.1) is 0 Å². The van der Waals surface area contributed by atoms with Crippen LogP contribution in [0.2, 0.25) is 0 Å². The highest BCUT2D eigenvalue weighted by molar-refractivity contribution is 5.77. The van der Waals surface area contributed by atoms with Crippen molar-refractivity contribution in [1.82, 2.24) is 10.6 Å². The normalized spacial score (nSPS) is 27.7. The Morgan fingerprint density at radius 2 is 2.14 bits per heavy atom. The van der Waals surface area contributed by atoms with Crippen LogP contribution < -0.4 is 10.6 Å². The summed E-state index contributed by atoms with van der Waals surface area (Å²) < 4.78 is 0. The summed E-state index contributed by atoms with van der Waals surface area (Å²) in [6.45, 7) is 9.39. The molecular formula is C11H22N2O. The minimum atomic E-state index is 0.0827. The summed E-state index contributed by atoms with van der Waals surface area (Å²) in [5.41, 5.74) is 0.0827. The molecule has 0 aromatic carbocycles. The molecule has 1 aliphatic heterocycles. The first-order valence-electron chi connectivity index (χ1n) is 5.41. The van der Waals surface area contributed by atoms with E-state index in [0.29, 0.717) is 18.5 Å². The average Bonchev–Trinajstić information content (AvgIpc) is 2.32. The van der Waals surface area contributed by atoms with Crippen molar-refractivity contribution in [3.05, 3.63) is 0 Å². The lowest BCUT2D eigenvalue weighted by Gasteiger charge is -2.21. The van der Waals surface area contributed by atoms with Gasteiger partial charge >= 0.3 is 0 Å². The fourth-order valence-electron chi connectivity index (χ4n) is 1.80. The zero-order valence-electron chi connectivity index (χ0n) is 9.68. The van der Waals surface area contributed by atoms with Crippen LogP contribution in [0.5, 0.6) is 0 Å². The third kappa shape index (κ3) is 3.66. The molecule has 1 fully saturated rings. The van der Waals surface area contributed by atoms with Crippen LogP contribution in [0.3, 0.4) is 0 Å². The van der Waals surface area contributed by atoms with Gasteiger partial charge in [0.2, 0.25) is 5.91 Å². The van der Waals surface area contributed by atoms with Crippen LogP contribution in [0.4, 0.5) is 0 Å². The van der Waals surface area contributed by atoms with Crippen molar-refractivity contribution in [2.45, 2.75) is 52.6 Å². The summed E-state index contributed by atoms with van der Waals surface area (Å²) in [5.74, 6) is 0.179. The van der Waals surface area contributed by atoms with E-state index in [1.807, 2.05) is 0 Å². The second kappa shape index (κ2) is 4.30. The van der Waals surface area contributed by atoms with E-state index in [9.17, 15) is 4.79 Å². The first kappa shape index (κ1) is 11.5. The third-order valence-electron chi connectivity index (χ3n) is 2.56. The molecule has 0 aromatic rings. The van der Waals surface area contributed by atoms with Crippen LogP contribution >= 0.6 is 0 Å². The van der Waals surface area contributed by atoms with Crippen molar-refractivity contribution < 1.29 is 4.79 Å². The van der Waals surface area contributed by atoms with Gasteiger partial charge in [-0.1, -0.05) is 20.8 Å². The van der Waals surface area contributed by atoms with Crippen LogP contribution in [-0.4, -0.2) is 24.5 Å². The molecule has 0 spiro atoms. The number of rotatable bonds is 2. The summed E-state index contributed by atoms with van der Waals surface area (Å²) in [5, 5.41) is 6.41. The van der Waals surface area contributed by atoms with E-state index in [-0.39, 0.29) is 11.3 Å². The fourth-order valence-corrected chi connectivity index (χ4v) is 1.80. The summed E-state index contributed by atoms with van der Waals surface area (Å²) in [7, 11) is 0. The number of carbonyl (C=O) groups is 1. The molecule has 1 amide bonds. The molecule has 1 aliphatic rings. The molecule has 1 saturated heterocycles. The molecule has 1 heterocycles. The molecule has 3 nitrogen and oxygen atoms in total. The van der Waals surface area contributed by atoms with Crippen molar-refractivity contribution >= 4 is 5.91 Å². The second-order valence-corrected chi connectivity index (χ2v) is 5.44. The molecule has 3 heteroatoms. The molecule has 14 heavy (non-hydrogen) atoms. The highest BCUT2D eigenvalue weighted by Gasteiger charge is 2.25. The molecule has 2 atom stereocenters. The molecule has 82 valence electrons. The SMILES string of the molecule is CC1NCCC1NC(=O)CC(C)(C)C. The van der Waals surface area contributed by atoms with Crippen molar-refractivity contribution in [3.8, 4) is 0 Å². The number of amides is 1. The average molecular weight is 198 g/mol. The first-order valence-corrected chi connectivity index (χ1v) is 5.41. The zero-order chi connectivity index (χ0) is 10.8. The second-order valence-electron chi connectivity index (χ2n) is 5.44. The minimum Gasteiger partial charge on any atom is -0.352 e. The third-order valence-corrected chi connectivity index (χ3v) is 2.56. The Morgan fingerprint density at radius 1 is 1.50 bits per heavy atom. The fraction of sp³-hybridized carbons (Fsp3) is 0.909. The van der Waals surface area contributed by atoms with E-state index in [0.717, 1.165) is 13.0 Å². The number of hydrogen-bond donors (Lipinski definition) is 2.